The number of carbonyl (C=O) groups excluding carboxylic acids is 1. The van der Waals surface area contributed by atoms with Crippen LogP contribution >= 0.6 is 23.2 Å². The van der Waals surface area contributed by atoms with Crippen LogP contribution in [-0.4, -0.2) is 35.2 Å². The number of halogens is 4. The quantitative estimate of drug-likeness (QED) is 0.628. The minimum atomic E-state index is -0.677. The molecule has 0 unspecified atom stereocenters. The Hall–Kier alpha value is -2.44. The minimum absolute atomic E-state index is 0.303. The predicted molar refractivity (Wildman–Crippen MR) is 105 cm³/mol. The Morgan fingerprint density at radius 1 is 1.11 bits per heavy atom. The van der Waals surface area contributed by atoms with Crippen molar-refractivity contribution in [3.63, 3.8) is 0 Å². The molecule has 0 bridgehead atoms. The SMILES string of the molecule is O=C(N1CC(=Cc2ccc(Cl)cc2Cl)C1)N1N=CC[C@H]1c1cc(F)cc(F)c1. The fraction of sp³-hybridized carbons (Fsp3) is 0.200. The smallest absolute Gasteiger partial charge is 0.315 e. The molecule has 0 spiro atoms. The number of benzene rings is 2. The first-order chi connectivity index (χ1) is 13.4. The lowest BCUT2D eigenvalue weighted by Crippen LogP contribution is -2.49. The van der Waals surface area contributed by atoms with Crippen molar-refractivity contribution < 1.29 is 13.6 Å². The van der Waals surface area contributed by atoms with Gasteiger partial charge in [0, 0.05) is 41.8 Å². The average Bonchev–Trinajstić information content (AvgIpc) is 3.07. The van der Waals surface area contributed by atoms with Crippen molar-refractivity contribution in [2.24, 2.45) is 5.10 Å². The Morgan fingerprint density at radius 3 is 2.50 bits per heavy atom. The van der Waals surface area contributed by atoms with Gasteiger partial charge >= 0.3 is 6.03 Å². The number of urea groups is 1. The van der Waals surface area contributed by atoms with Crippen molar-refractivity contribution in [3.05, 3.63) is 74.8 Å². The summed E-state index contributed by atoms with van der Waals surface area (Å²) in [5, 5.41) is 6.49. The number of hydrogen-bond donors (Lipinski definition) is 0. The van der Waals surface area contributed by atoms with Gasteiger partial charge in [0.25, 0.3) is 0 Å². The molecule has 2 aromatic rings. The molecule has 1 saturated heterocycles. The summed E-state index contributed by atoms with van der Waals surface area (Å²) in [7, 11) is 0. The fourth-order valence-corrected chi connectivity index (χ4v) is 3.76. The zero-order chi connectivity index (χ0) is 19.8. The van der Waals surface area contributed by atoms with Crippen LogP contribution in [0, 0.1) is 11.6 Å². The maximum atomic E-state index is 13.5. The zero-order valence-electron chi connectivity index (χ0n) is 14.6. The largest absolute Gasteiger partial charge is 0.341 e. The number of carbonyl (C=O) groups is 1. The van der Waals surface area contributed by atoms with Crippen LogP contribution < -0.4 is 0 Å². The summed E-state index contributed by atoms with van der Waals surface area (Å²) in [5.74, 6) is -1.35. The second-order valence-corrected chi connectivity index (χ2v) is 7.55. The maximum Gasteiger partial charge on any atom is 0.341 e. The molecule has 0 radical (unpaired) electrons. The van der Waals surface area contributed by atoms with Gasteiger partial charge in [-0.25, -0.2) is 18.6 Å². The Balaban J connectivity index is 1.45. The first kappa shape index (κ1) is 18.9. The summed E-state index contributed by atoms with van der Waals surface area (Å²) in [6.45, 7) is 0.877. The van der Waals surface area contributed by atoms with E-state index in [9.17, 15) is 13.6 Å². The van der Waals surface area contributed by atoms with E-state index in [-0.39, 0.29) is 6.03 Å². The van der Waals surface area contributed by atoms with Crippen molar-refractivity contribution in [2.45, 2.75) is 12.5 Å². The first-order valence-electron chi connectivity index (χ1n) is 8.62. The summed E-state index contributed by atoms with van der Waals surface area (Å²) in [4.78, 5) is 14.4. The normalized spacial score (nSPS) is 18.4. The highest BCUT2D eigenvalue weighted by Crippen LogP contribution is 2.32. The van der Waals surface area contributed by atoms with E-state index in [0.717, 1.165) is 17.2 Å². The monoisotopic (exact) mass is 421 g/mol. The number of hydrazone groups is 1. The Bertz CT molecular complexity index is 981. The molecular formula is C20H15Cl2F2N3O. The van der Waals surface area contributed by atoms with E-state index in [1.54, 1.807) is 23.2 Å². The Morgan fingerprint density at radius 2 is 1.82 bits per heavy atom. The van der Waals surface area contributed by atoms with Crippen LogP contribution in [0.5, 0.6) is 0 Å². The lowest BCUT2D eigenvalue weighted by atomic mass is 10.0. The molecule has 4 rings (SSSR count). The van der Waals surface area contributed by atoms with Gasteiger partial charge in [-0.15, -0.1) is 0 Å². The number of nitrogens with zero attached hydrogens (tertiary/aromatic N) is 3. The molecule has 28 heavy (non-hydrogen) atoms. The standard InChI is InChI=1S/C20H15Cl2F2N3O/c21-15-2-1-13(18(22)8-15)5-12-10-26(11-12)20(28)27-19(3-4-25-27)14-6-16(23)9-17(24)7-14/h1-2,4-9,19H,3,10-11H2/t19-/m0/s1. The second kappa shape index (κ2) is 7.53. The molecule has 2 aliphatic heterocycles. The number of hydrogen-bond acceptors (Lipinski definition) is 2. The van der Waals surface area contributed by atoms with E-state index in [4.69, 9.17) is 23.2 Å². The van der Waals surface area contributed by atoms with Crippen LogP contribution in [0.2, 0.25) is 10.0 Å². The van der Waals surface area contributed by atoms with Gasteiger partial charge in [0.15, 0.2) is 0 Å². The summed E-state index contributed by atoms with van der Waals surface area (Å²) in [6, 6.07) is 7.68. The van der Waals surface area contributed by atoms with Crippen LogP contribution in [0.3, 0.4) is 0 Å². The van der Waals surface area contributed by atoms with Gasteiger partial charge in [0.2, 0.25) is 0 Å². The van der Waals surface area contributed by atoms with Crippen molar-refractivity contribution >= 4 is 41.5 Å². The van der Waals surface area contributed by atoms with Gasteiger partial charge in [0.05, 0.1) is 6.04 Å². The molecule has 2 amide bonds. The highest BCUT2D eigenvalue weighted by molar-refractivity contribution is 6.35. The summed E-state index contributed by atoms with van der Waals surface area (Å²) in [6.07, 6.45) is 3.91. The van der Waals surface area contributed by atoms with Gasteiger partial charge < -0.3 is 4.90 Å². The first-order valence-corrected chi connectivity index (χ1v) is 9.37. The molecule has 4 nitrogen and oxygen atoms in total. The third kappa shape index (κ3) is 3.75. The molecule has 0 aliphatic carbocycles. The van der Waals surface area contributed by atoms with Crippen LogP contribution in [0.4, 0.5) is 13.6 Å². The molecule has 144 valence electrons. The molecule has 2 aliphatic rings. The molecule has 1 fully saturated rings. The van der Waals surface area contributed by atoms with Gasteiger partial charge in [-0.05, 0) is 41.0 Å². The van der Waals surface area contributed by atoms with Crippen LogP contribution in [0.15, 0.2) is 47.1 Å². The van der Waals surface area contributed by atoms with Crippen molar-refractivity contribution in [1.29, 1.82) is 0 Å². The number of amides is 2. The fourth-order valence-electron chi connectivity index (χ4n) is 3.30. The van der Waals surface area contributed by atoms with Crippen molar-refractivity contribution in [2.75, 3.05) is 13.1 Å². The number of rotatable bonds is 2. The molecule has 0 saturated carbocycles. The van der Waals surface area contributed by atoms with E-state index in [1.165, 1.54) is 17.1 Å². The maximum absolute atomic E-state index is 13.5. The molecule has 2 heterocycles. The van der Waals surface area contributed by atoms with Crippen molar-refractivity contribution in [1.82, 2.24) is 9.91 Å². The van der Waals surface area contributed by atoms with Crippen LogP contribution in [0.25, 0.3) is 6.08 Å². The predicted octanol–water partition coefficient (Wildman–Crippen LogP) is 5.52. The van der Waals surface area contributed by atoms with E-state index >= 15 is 0 Å². The highest BCUT2D eigenvalue weighted by atomic mass is 35.5. The van der Waals surface area contributed by atoms with Gasteiger partial charge in [0.1, 0.15) is 11.6 Å². The van der Waals surface area contributed by atoms with E-state index in [0.29, 0.717) is 35.1 Å². The van der Waals surface area contributed by atoms with Crippen LogP contribution in [-0.2, 0) is 0 Å². The number of likely N-dealkylation sites (tertiary alicyclic amines) is 1. The summed E-state index contributed by atoms with van der Waals surface area (Å²) >= 11 is 12.1. The zero-order valence-corrected chi connectivity index (χ0v) is 16.1. The highest BCUT2D eigenvalue weighted by Gasteiger charge is 2.35. The van der Waals surface area contributed by atoms with E-state index in [2.05, 4.69) is 5.10 Å². The Labute approximate surface area is 170 Å². The molecule has 8 heteroatoms. The molecule has 0 N–H and O–H groups in total. The lowest BCUT2D eigenvalue weighted by Gasteiger charge is -2.37. The lowest BCUT2D eigenvalue weighted by molar-refractivity contribution is 0.136. The molecular weight excluding hydrogens is 407 g/mol. The topological polar surface area (TPSA) is 35.9 Å². The minimum Gasteiger partial charge on any atom is -0.315 e. The summed E-state index contributed by atoms with van der Waals surface area (Å²) < 4.78 is 27.1. The summed E-state index contributed by atoms with van der Waals surface area (Å²) in [5.41, 5.74) is 2.25. The third-order valence-electron chi connectivity index (χ3n) is 4.68. The van der Waals surface area contributed by atoms with E-state index in [1.807, 2.05) is 12.1 Å². The average molecular weight is 422 g/mol. The van der Waals surface area contributed by atoms with Crippen molar-refractivity contribution in [3.8, 4) is 0 Å². The molecule has 0 aromatic heterocycles. The Kier molecular flexibility index (Phi) is 5.08. The van der Waals surface area contributed by atoms with Gasteiger partial charge in [-0.3, -0.25) is 0 Å². The van der Waals surface area contributed by atoms with Gasteiger partial charge in [-0.2, -0.15) is 5.10 Å². The molecule has 1 atom stereocenters. The van der Waals surface area contributed by atoms with E-state index < -0.39 is 17.7 Å². The van der Waals surface area contributed by atoms with Crippen LogP contribution in [0.1, 0.15) is 23.6 Å². The molecule has 2 aromatic carbocycles. The van der Waals surface area contributed by atoms with Gasteiger partial charge in [-0.1, -0.05) is 35.3 Å². The third-order valence-corrected chi connectivity index (χ3v) is 5.24. The second-order valence-electron chi connectivity index (χ2n) is 6.70.